The first-order chi connectivity index (χ1) is 10.2. The summed E-state index contributed by atoms with van der Waals surface area (Å²) in [6, 6.07) is 0.653. The predicted molar refractivity (Wildman–Crippen MR) is 83.4 cm³/mol. The Kier molecular flexibility index (Phi) is 6.14. The molecule has 2 aliphatic carbocycles. The highest BCUT2D eigenvalue weighted by Gasteiger charge is 2.32. The van der Waals surface area contributed by atoms with Crippen LogP contribution in [0.15, 0.2) is 4.99 Å². The Morgan fingerprint density at radius 1 is 1.29 bits per heavy atom. The van der Waals surface area contributed by atoms with Gasteiger partial charge in [0.15, 0.2) is 5.96 Å². The lowest BCUT2D eigenvalue weighted by atomic mass is 10.2. The SMILES string of the molecule is CCOC(=O)NC(CNC(=NC)NC1CCCC1)C1CC1. The third-order valence-corrected chi connectivity index (χ3v) is 4.18. The lowest BCUT2D eigenvalue weighted by Gasteiger charge is -2.22. The molecule has 0 radical (unpaired) electrons. The zero-order chi connectivity index (χ0) is 15.1. The molecule has 1 unspecified atom stereocenters. The van der Waals surface area contributed by atoms with E-state index in [1.165, 1.54) is 38.5 Å². The summed E-state index contributed by atoms with van der Waals surface area (Å²) in [7, 11) is 1.79. The highest BCUT2D eigenvalue weighted by atomic mass is 16.5. The van der Waals surface area contributed by atoms with Crippen LogP contribution in [0.1, 0.15) is 45.4 Å². The van der Waals surface area contributed by atoms with Gasteiger partial charge >= 0.3 is 6.09 Å². The third-order valence-electron chi connectivity index (χ3n) is 4.18. The van der Waals surface area contributed by atoms with Crippen molar-refractivity contribution in [2.45, 2.75) is 57.5 Å². The van der Waals surface area contributed by atoms with E-state index in [0.717, 1.165) is 5.96 Å². The van der Waals surface area contributed by atoms with Crippen LogP contribution in [0.25, 0.3) is 0 Å². The standard InChI is InChI=1S/C15H28N4O2/c1-3-21-15(20)19-13(11-8-9-11)10-17-14(16-2)18-12-6-4-5-7-12/h11-13H,3-10H2,1-2H3,(H,19,20)(H2,16,17,18). The van der Waals surface area contributed by atoms with Crippen LogP contribution >= 0.6 is 0 Å². The second-order valence-corrected chi connectivity index (χ2v) is 5.89. The van der Waals surface area contributed by atoms with E-state index >= 15 is 0 Å². The van der Waals surface area contributed by atoms with Gasteiger partial charge in [0, 0.05) is 19.6 Å². The third kappa shape index (κ3) is 5.44. The molecule has 120 valence electrons. The Bertz CT molecular complexity index is 363. The molecule has 6 heteroatoms. The van der Waals surface area contributed by atoms with E-state index in [0.29, 0.717) is 25.1 Å². The van der Waals surface area contributed by atoms with E-state index in [2.05, 4.69) is 20.9 Å². The van der Waals surface area contributed by atoms with Crippen molar-refractivity contribution in [2.75, 3.05) is 20.2 Å². The molecule has 21 heavy (non-hydrogen) atoms. The number of guanidine groups is 1. The first-order valence-corrected chi connectivity index (χ1v) is 8.13. The highest BCUT2D eigenvalue weighted by Crippen LogP contribution is 2.32. The summed E-state index contributed by atoms with van der Waals surface area (Å²) in [6.45, 7) is 2.91. The molecule has 2 rings (SSSR count). The molecule has 0 aromatic rings. The van der Waals surface area contributed by atoms with Crippen LogP contribution in [0.3, 0.4) is 0 Å². The number of ether oxygens (including phenoxy) is 1. The van der Waals surface area contributed by atoms with E-state index in [1.54, 1.807) is 7.05 Å². The molecule has 1 atom stereocenters. The van der Waals surface area contributed by atoms with Crippen LogP contribution in [0.4, 0.5) is 4.79 Å². The number of aliphatic imine (C=N–C) groups is 1. The van der Waals surface area contributed by atoms with Crippen molar-refractivity contribution >= 4 is 12.1 Å². The Morgan fingerprint density at radius 2 is 2.00 bits per heavy atom. The Labute approximate surface area is 127 Å². The minimum Gasteiger partial charge on any atom is -0.450 e. The number of amides is 1. The molecule has 0 heterocycles. The molecular formula is C15H28N4O2. The molecule has 2 aliphatic rings. The number of nitrogens with zero attached hydrogens (tertiary/aromatic N) is 1. The van der Waals surface area contributed by atoms with Crippen molar-refractivity contribution in [3.63, 3.8) is 0 Å². The van der Waals surface area contributed by atoms with E-state index in [4.69, 9.17) is 4.74 Å². The topological polar surface area (TPSA) is 74.8 Å². The van der Waals surface area contributed by atoms with Gasteiger partial charge in [-0.2, -0.15) is 0 Å². The second kappa shape index (κ2) is 8.10. The van der Waals surface area contributed by atoms with Gasteiger partial charge in [-0.25, -0.2) is 4.79 Å². The fraction of sp³-hybridized carbons (Fsp3) is 0.867. The maximum absolute atomic E-state index is 11.6. The van der Waals surface area contributed by atoms with Gasteiger partial charge in [-0.15, -0.1) is 0 Å². The van der Waals surface area contributed by atoms with E-state index in [1.807, 2.05) is 6.92 Å². The van der Waals surface area contributed by atoms with Crippen molar-refractivity contribution in [1.82, 2.24) is 16.0 Å². The van der Waals surface area contributed by atoms with Crippen LogP contribution < -0.4 is 16.0 Å². The lowest BCUT2D eigenvalue weighted by molar-refractivity contribution is 0.146. The van der Waals surface area contributed by atoms with Gasteiger partial charge in [-0.1, -0.05) is 12.8 Å². The minimum atomic E-state index is -0.324. The van der Waals surface area contributed by atoms with Crippen LogP contribution in [-0.2, 0) is 4.74 Å². The van der Waals surface area contributed by atoms with Crippen LogP contribution in [0.2, 0.25) is 0 Å². The van der Waals surface area contributed by atoms with E-state index in [9.17, 15) is 4.79 Å². The normalized spacial score (nSPS) is 21.0. The van der Waals surface area contributed by atoms with Crippen molar-refractivity contribution < 1.29 is 9.53 Å². The first-order valence-electron chi connectivity index (χ1n) is 8.13. The molecule has 6 nitrogen and oxygen atoms in total. The number of carbonyl (C=O) groups excluding carboxylic acids is 1. The van der Waals surface area contributed by atoms with Gasteiger partial charge in [0.25, 0.3) is 0 Å². The Morgan fingerprint density at radius 3 is 2.57 bits per heavy atom. The first kappa shape index (κ1) is 15.9. The van der Waals surface area contributed by atoms with Gasteiger partial charge in [0.05, 0.1) is 12.6 Å². The van der Waals surface area contributed by atoms with E-state index < -0.39 is 0 Å². The summed E-state index contributed by atoms with van der Waals surface area (Å²) < 4.78 is 4.97. The van der Waals surface area contributed by atoms with Crippen molar-refractivity contribution in [1.29, 1.82) is 0 Å². The molecule has 0 aromatic carbocycles. The predicted octanol–water partition coefficient (Wildman–Crippen LogP) is 1.62. The zero-order valence-electron chi connectivity index (χ0n) is 13.2. The van der Waals surface area contributed by atoms with Gasteiger partial charge in [-0.3, -0.25) is 4.99 Å². The van der Waals surface area contributed by atoms with Crippen molar-refractivity contribution in [3.05, 3.63) is 0 Å². The summed E-state index contributed by atoms with van der Waals surface area (Å²) in [4.78, 5) is 15.8. The van der Waals surface area contributed by atoms with Gasteiger partial charge < -0.3 is 20.7 Å². The summed E-state index contributed by atoms with van der Waals surface area (Å²) >= 11 is 0. The number of hydrogen-bond donors (Lipinski definition) is 3. The number of alkyl carbamates (subject to hydrolysis) is 1. The molecular weight excluding hydrogens is 268 g/mol. The zero-order valence-corrected chi connectivity index (χ0v) is 13.2. The molecule has 0 spiro atoms. The summed E-state index contributed by atoms with van der Waals surface area (Å²) in [5.41, 5.74) is 0. The number of rotatable bonds is 6. The molecule has 0 aliphatic heterocycles. The van der Waals surface area contributed by atoms with Gasteiger partial charge in [0.1, 0.15) is 0 Å². The quantitative estimate of drug-likeness (QED) is 0.514. The van der Waals surface area contributed by atoms with E-state index in [-0.39, 0.29) is 12.1 Å². The fourth-order valence-corrected chi connectivity index (χ4v) is 2.82. The molecule has 1 amide bonds. The molecule has 2 saturated carbocycles. The summed E-state index contributed by atoms with van der Waals surface area (Å²) in [6.07, 6.45) is 7.05. The molecule has 2 fully saturated rings. The fourth-order valence-electron chi connectivity index (χ4n) is 2.82. The van der Waals surface area contributed by atoms with Crippen molar-refractivity contribution in [2.24, 2.45) is 10.9 Å². The Hall–Kier alpha value is -1.46. The van der Waals surface area contributed by atoms with Crippen LogP contribution in [0.5, 0.6) is 0 Å². The molecule has 0 bridgehead atoms. The lowest BCUT2D eigenvalue weighted by Crippen LogP contribution is -2.49. The van der Waals surface area contributed by atoms with Crippen LogP contribution in [-0.4, -0.2) is 44.3 Å². The summed E-state index contributed by atoms with van der Waals surface area (Å²) in [5, 5.41) is 9.73. The second-order valence-electron chi connectivity index (χ2n) is 5.89. The maximum Gasteiger partial charge on any atom is 0.407 e. The largest absolute Gasteiger partial charge is 0.450 e. The monoisotopic (exact) mass is 296 g/mol. The minimum absolute atomic E-state index is 0.117. The smallest absolute Gasteiger partial charge is 0.407 e. The Balaban J connectivity index is 1.75. The average Bonchev–Trinajstić information content (AvgIpc) is 3.19. The molecule has 3 N–H and O–H groups in total. The average molecular weight is 296 g/mol. The number of nitrogens with one attached hydrogen (secondary N) is 3. The van der Waals surface area contributed by atoms with Crippen LogP contribution in [0, 0.1) is 5.92 Å². The number of carbonyl (C=O) groups is 1. The van der Waals surface area contributed by atoms with Gasteiger partial charge in [-0.05, 0) is 38.5 Å². The molecule has 0 saturated heterocycles. The van der Waals surface area contributed by atoms with Gasteiger partial charge in [0.2, 0.25) is 0 Å². The summed E-state index contributed by atoms with van der Waals surface area (Å²) in [5.74, 6) is 1.39. The number of hydrogen-bond acceptors (Lipinski definition) is 3. The van der Waals surface area contributed by atoms with Crippen molar-refractivity contribution in [3.8, 4) is 0 Å². The maximum atomic E-state index is 11.6. The highest BCUT2D eigenvalue weighted by molar-refractivity contribution is 5.80. The molecule has 0 aromatic heterocycles.